The van der Waals surface area contributed by atoms with Crippen molar-refractivity contribution in [1.82, 2.24) is 4.90 Å². The van der Waals surface area contributed by atoms with Gasteiger partial charge in [0.25, 0.3) is 0 Å². The first-order valence-electron chi connectivity index (χ1n) is 7.33. The van der Waals surface area contributed by atoms with Gasteiger partial charge in [-0.2, -0.15) is 11.8 Å². The maximum absolute atomic E-state index is 5.98. The van der Waals surface area contributed by atoms with E-state index in [2.05, 4.69) is 30.5 Å². The maximum Gasteiger partial charge on any atom is 0.0199 e. The number of nitrogens with two attached hydrogens (primary N) is 1. The standard InChI is InChI=1S/C14H28N2S/c1-3-16(13-8-11(2)17-10-13)14-7-5-4-6-12(14)9-15/h11-14H,3-10,15H2,1-2H3. The molecule has 2 fully saturated rings. The summed E-state index contributed by atoms with van der Waals surface area (Å²) in [5.74, 6) is 2.09. The van der Waals surface area contributed by atoms with E-state index in [0.29, 0.717) is 0 Å². The molecule has 0 radical (unpaired) electrons. The third-order valence-electron chi connectivity index (χ3n) is 4.61. The lowest BCUT2D eigenvalue weighted by atomic mass is 9.82. The minimum absolute atomic E-state index is 0.754. The summed E-state index contributed by atoms with van der Waals surface area (Å²) in [5.41, 5.74) is 5.98. The summed E-state index contributed by atoms with van der Waals surface area (Å²) < 4.78 is 0. The molecule has 2 rings (SSSR count). The van der Waals surface area contributed by atoms with Crippen molar-refractivity contribution in [2.75, 3.05) is 18.8 Å². The molecule has 2 nitrogen and oxygen atoms in total. The first-order chi connectivity index (χ1) is 8.26. The van der Waals surface area contributed by atoms with E-state index in [1.54, 1.807) is 0 Å². The zero-order valence-corrected chi connectivity index (χ0v) is 12.2. The molecule has 1 saturated heterocycles. The summed E-state index contributed by atoms with van der Waals surface area (Å²) in [6.07, 6.45) is 6.92. The Bertz CT molecular complexity index is 234. The summed E-state index contributed by atoms with van der Waals surface area (Å²) in [4.78, 5) is 2.78. The molecule has 0 aromatic rings. The monoisotopic (exact) mass is 256 g/mol. The molecule has 3 heteroatoms. The lowest BCUT2D eigenvalue weighted by Gasteiger charge is -2.42. The third-order valence-corrected chi connectivity index (χ3v) is 5.95. The van der Waals surface area contributed by atoms with Crippen LogP contribution in [0.4, 0.5) is 0 Å². The Morgan fingerprint density at radius 3 is 2.65 bits per heavy atom. The van der Waals surface area contributed by atoms with Crippen LogP contribution in [0.25, 0.3) is 0 Å². The fourth-order valence-corrected chi connectivity index (χ4v) is 4.93. The number of nitrogens with zero attached hydrogens (tertiary/aromatic N) is 1. The van der Waals surface area contributed by atoms with E-state index >= 15 is 0 Å². The van der Waals surface area contributed by atoms with Crippen LogP contribution in [0.5, 0.6) is 0 Å². The highest BCUT2D eigenvalue weighted by Gasteiger charge is 2.35. The fraction of sp³-hybridized carbons (Fsp3) is 1.00. The van der Waals surface area contributed by atoms with Crippen molar-refractivity contribution in [2.45, 2.75) is 63.3 Å². The van der Waals surface area contributed by atoms with Gasteiger partial charge in [-0.25, -0.2) is 0 Å². The topological polar surface area (TPSA) is 29.3 Å². The Morgan fingerprint density at radius 1 is 1.29 bits per heavy atom. The molecule has 4 unspecified atom stereocenters. The molecule has 1 saturated carbocycles. The average molecular weight is 256 g/mol. The van der Waals surface area contributed by atoms with Gasteiger partial charge in [0.15, 0.2) is 0 Å². The molecule has 1 aliphatic carbocycles. The van der Waals surface area contributed by atoms with Gasteiger partial charge in [0.05, 0.1) is 0 Å². The average Bonchev–Trinajstić information content (AvgIpc) is 2.77. The second-order valence-corrected chi connectivity index (χ2v) is 7.18. The fourth-order valence-electron chi connectivity index (χ4n) is 3.69. The van der Waals surface area contributed by atoms with Crippen molar-refractivity contribution in [1.29, 1.82) is 0 Å². The van der Waals surface area contributed by atoms with Gasteiger partial charge in [-0.05, 0) is 38.3 Å². The zero-order chi connectivity index (χ0) is 12.3. The number of hydrogen-bond acceptors (Lipinski definition) is 3. The Morgan fingerprint density at radius 2 is 2.06 bits per heavy atom. The van der Waals surface area contributed by atoms with E-state index in [1.807, 2.05) is 0 Å². The van der Waals surface area contributed by atoms with E-state index in [-0.39, 0.29) is 0 Å². The normalized spacial score (nSPS) is 38.8. The van der Waals surface area contributed by atoms with E-state index in [9.17, 15) is 0 Å². The SMILES string of the molecule is CCN(C1CSC(C)C1)C1CCCCC1CN. The number of thioether (sulfide) groups is 1. The van der Waals surface area contributed by atoms with Crippen LogP contribution in [-0.2, 0) is 0 Å². The predicted molar refractivity (Wildman–Crippen MR) is 77.5 cm³/mol. The summed E-state index contributed by atoms with van der Waals surface area (Å²) in [6.45, 7) is 6.80. The van der Waals surface area contributed by atoms with Crippen molar-refractivity contribution >= 4 is 11.8 Å². The van der Waals surface area contributed by atoms with Crippen molar-refractivity contribution in [3.63, 3.8) is 0 Å². The van der Waals surface area contributed by atoms with Crippen LogP contribution in [0.1, 0.15) is 46.0 Å². The van der Waals surface area contributed by atoms with Gasteiger partial charge in [-0.3, -0.25) is 4.90 Å². The highest BCUT2D eigenvalue weighted by Crippen LogP contribution is 2.35. The second kappa shape index (κ2) is 6.44. The van der Waals surface area contributed by atoms with Gasteiger partial charge in [-0.15, -0.1) is 0 Å². The summed E-state index contributed by atoms with van der Waals surface area (Å²) in [5, 5.41) is 0.856. The molecule has 0 spiro atoms. The summed E-state index contributed by atoms with van der Waals surface area (Å²) >= 11 is 2.15. The lowest BCUT2D eigenvalue weighted by Crippen LogP contribution is -2.50. The quantitative estimate of drug-likeness (QED) is 0.838. The third kappa shape index (κ3) is 3.18. The molecule has 4 atom stereocenters. The van der Waals surface area contributed by atoms with Gasteiger partial charge >= 0.3 is 0 Å². The Labute approximate surface area is 111 Å². The van der Waals surface area contributed by atoms with Gasteiger partial charge in [-0.1, -0.05) is 26.7 Å². The predicted octanol–water partition coefficient (Wildman–Crippen LogP) is 2.72. The number of rotatable bonds is 4. The molecule has 0 bridgehead atoms. The van der Waals surface area contributed by atoms with Gasteiger partial charge in [0.1, 0.15) is 0 Å². The van der Waals surface area contributed by atoms with Crippen LogP contribution in [-0.4, -0.2) is 41.1 Å². The van der Waals surface area contributed by atoms with Crippen LogP contribution in [0.15, 0.2) is 0 Å². The lowest BCUT2D eigenvalue weighted by molar-refractivity contribution is 0.0783. The molecule has 2 aliphatic rings. The van der Waals surface area contributed by atoms with Crippen LogP contribution in [0.2, 0.25) is 0 Å². The Balaban J connectivity index is 2.00. The van der Waals surface area contributed by atoms with E-state index < -0.39 is 0 Å². The Kier molecular flexibility index (Phi) is 5.19. The highest BCUT2D eigenvalue weighted by molar-refractivity contribution is 8.00. The summed E-state index contributed by atoms with van der Waals surface area (Å²) in [6, 6.07) is 1.59. The smallest absolute Gasteiger partial charge is 0.0199 e. The van der Waals surface area contributed by atoms with Crippen LogP contribution in [0.3, 0.4) is 0 Å². The molecule has 2 N–H and O–H groups in total. The van der Waals surface area contributed by atoms with Gasteiger partial charge in [0.2, 0.25) is 0 Å². The molecule has 0 amide bonds. The molecule has 0 aromatic heterocycles. The van der Waals surface area contributed by atoms with E-state index in [4.69, 9.17) is 5.73 Å². The van der Waals surface area contributed by atoms with Crippen molar-refractivity contribution in [2.24, 2.45) is 11.7 Å². The molecule has 1 aliphatic heterocycles. The molecule has 0 aromatic carbocycles. The molecular formula is C14H28N2S. The summed E-state index contributed by atoms with van der Waals surface area (Å²) in [7, 11) is 0. The Hall–Kier alpha value is 0.270. The van der Waals surface area contributed by atoms with Crippen LogP contribution >= 0.6 is 11.8 Å². The maximum atomic E-state index is 5.98. The highest BCUT2D eigenvalue weighted by atomic mass is 32.2. The largest absolute Gasteiger partial charge is 0.330 e. The second-order valence-electron chi connectivity index (χ2n) is 5.71. The first kappa shape index (κ1) is 13.7. The molecular weight excluding hydrogens is 228 g/mol. The molecule has 1 heterocycles. The molecule has 100 valence electrons. The first-order valence-corrected chi connectivity index (χ1v) is 8.38. The van der Waals surface area contributed by atoms with Crippen molar-refractivity contribution in [3.05, 3.63) is 0 Å². The van der Waals surface area contributed by atoms with E-state index in [0.717, 1.165) is 29.8 Å². The number of hydrogen-bond donors (Lipinski definition) is 1. The van der Waals surface area contributed by atoms with Crippen molar-refractivity contribution < 1.29 is 0 Å². The minimum atomic E-state index is 0.754. The van der Waals surface area contributed by atoms with Gasteiger partial charge in [0, 0.05) is 23.1 Å². The minimum Gasteiger partial charge on any atom is -0.330 e. The molecule has 17 heavy (non-hydrogen) atoms. The van der Waals surface area contributed by atoms with Gasteiger partial charge < -0.3 is 5.73 Å². The zero-order valence-electron chi connectivity index (χ0n) is 11.4. The van der Waals surface area contributed by atoms with Crippen LogP contribution < -0.4 is 5.73 Å². The van der Waals surface area contributed by atoms with Crippen LogP contribution in [0, 0.1) is 5.92 Å². The van der Waals surface area contributed by atoms with E-state index in [1.165, 1.54) is 44.4 Å². The van der Waals surface area contributed by atoms with Crippen molar-refractivity contribution in [3.8, 4) is 0 Å².